The minimum absolute atomic E-state index is 0.206. The SMILES string of the molecule is Cc1ccc(NC(=O)NCCCOc2cccc3c2CN(C2CCC(=O)NC2=O)C3=O)cc1Cl. The summed E-state index contributed by atoms with van der Waals surface area (Å²) in [5, 5.41) is 8.37. The number of imide groups is 1. The van der Waals surface area contributed by atoms with Crippen molar-refractivity contribution >= 4 is 41.0 Å². The van der Waals surface area contributed by atoms with Gasteiger partial charge in [0, 0.05) is 34.8 Å². The fourth-order valence-electron chi connectivity index (χ4n) is 3.99. The van der Waals surface area contributed by atoms with Crippen LogP contribution in [0.1, 0.15) is 40.7 Å². The van der Waals surface area contributed by atoms with Crippen LogP contribution in [-0.4, -0.2) is 47.8 Å². The van der Waals surface area contributed by atoms with Crippen molar-refractivity contribution in [1.82, 2.24) is 15.5 Å². The lowest BCUT2D eigenvalue weighted by Gasteiger charge is -2.29. The predicted octanol–water partition coefficient (Wildman–Crippen LogP) is 3.00. The molecule has 4 rings (SSSR count). The average Bonchev–Trinajstić information content (AvgIpc) is 3.13. The number of hydrogen-bond acceptors (Lipinski definition) is 5. The Hall–Kier alpha value is -3.59. The van der Waals surface area contributed by atoms with Crippen molar-refractivity contribution < 1.29 is 23.9 Å². The standard InChI is InChI=1S/C24H25ClN4O5/c1-14-6-7-15(12-18(14)25)27-24(33)26-10-3-11-34-20-5-2-4-16-17(20)13-29(23(16)32)19-8-9-21(30)28-22(19)31/h2,4-7,12,19H,3,8-11,13H2,1H3,(H2,26,27,33)(H,28,30,31). The van der Waals surface area contributed by atoms with Gasteiger partial charge in [-0.2, -0.15) is 0 Å². The van der Waals surface area contributed by atoms with Crippen LogP contribution in [0, 0.1) is 6.92 Å². The minimum Gasteiger partial charge on any atom is -0.493 e. The highest BCUT2D eigenvalue weighted by atomic mass is 35.5. The second kappa shape index (κ2) is 10.1. The molecule has 0 radical (unpaired) electrons. The lowest BCUT2D eigenvalue weighted by molar-refractivity contribution is -0.136. The maximum atomic E-state index is 12.9. The molecule has 5 amide bonds. The summed E-state index contributed by atoms with van der Waals surface area (Å²) >= 11 is 6.07. The summed E-state index contributed by atoms with van der Waals surface area (Å²) in [6.07, 6.45) is 1.07. The summed E-state index contributed by atoms with van der Waals surface area (Å²) in [6, 6.07) is 9.51. The number of nitrogens with one attached hydrogen (secondary N) is 3. The summed E-state index contributed by atoms with van der Waals surface area (Å²) in [6.45, 7) is 2.86. The highest BCUT2D eigenvalue weighted by Gasteiger charge is 2.40. The molecule has 9 nitrogen and oxygen atoms in total. The molecule has 34 heavy (non-hydrogen) atoms. The molecule has 10 heteroatoms. The van der Waals surface area contributed by atoms with E-state index < -0.39 is 11.9 Å². The van der Waals surface area contributed by atoms with Gasteiger partial charge in [0.2, 0.25) is 11.8 Å². The number of rotatable bonds is 7. The van der Waals surface area contributed by atoms with Crippen molar-refractivity contribution in [2.45, 2.75) is 38.8 Å². The van der Waals surface area contributed by atoms with E-state index in [9.17, 15) is 19.2 Å². The van der Waals surface area contributed by atoms with Gasteiger partial charge in [-0.3, -0.25) is 19.7 Å². The predicted molar refractivity (Wildman–Crippen MR) is 126 cm³/mol. The Morgan fingerprint density at radius 2 is 2.06 bits per heavy atom. The van der Waals surface area contributed by atoms with Crippen LogP contribution in [0.4, 0.5) is 10.5 Å². The maximum Gasteiger partial charge on any atom is 0.319 e. The Balaban J connectivity index is 1.26. The lowest BCUT2D eigenvalue weighted by atomic mass is 10.0. The highest BCUT2D eigenvalue weighted by molar-refractivity contribution is 6.31. The first-order valence-electron chi connectivity index (χ1n) is 11.0. The second-order valence-electron chi connectivity index (χ2n) is 8.23. The number of hydrogen-bond donors (Lipinski definition) is 3. The monoisotopic (exact) mass is 484 g/mol. The summed E-state index contributed by atoms with van der Waals surface area (Å²) in [7, 11) is 0. The van der Waals surface area contributed by atoms with E-state index in [-0.39, 0.29) is 30.8 Å². The zero-order valence-electron chi connectivity index (χ0n) is 18.7. The largest absolute Gasteiger partial charge is 0.493 e. The van der Waals surface area contributed by atoms with Crippen LogP contribution < -0.4 is 20.7 Å². The third-order valence-electron chi connectivity index (χ3n) is 5.83. The summed E-state index contributed by atoms with van der Waals surface area (Å²) < 4.78 is 5.88. The van der Waals surface area contributed by atoms with Crippen LogP contribution in [0.25, 0.3) is 0 Å². The topological polar surface area (TPSA) is 117 Å². The fraction of sp³-hybridized carbons (Fsp3) is 0.333. The number of nitrogens with zero attached hydrogens (tertiary/aromatic N) is 1. The molecule has 2 aliphatic rings. The lowest BCUT2D eigenvalue weighted by Crippen LogP contribution is -2.52. The number of amides is 5. The van der Waals surface area contributed by atoms with Crippen molar-refractivity contribution in [2.75, 3.05) is 18.5 Å². The Bertz CT molecular complexity index is 1150. The van der Waals surface area contributed by atoms with Gasteiger partial charge in [0.05, 0.1) is 13.2 Å². The molecule has 0 aromatic heterocycles. The minimum atomic E-state index is -0.670. The summed E-state index contributed by atoms with van der Waals surface area (Å²) in [4.78, 5) is 50.1. The number of benzene rings is 2. The zero-order valence-corrected chi connectivity index (χ0v) is 19.4. The molecule has 1 unspecified atom stereocenters. The molecular formula is C24H25ClN4O5. The molecule has 0 aliphatic carbocycles. The van der Waals surface area contributed by atoms with Gasteiger partial charge < -0.3 is 20.3 Å². The van der Waals surface area contributed by atoms with Gasteiger partial charge in [-0.25, -0.2) is 4.79 Å². The third-order valence-corrected chi connectivity index (χ3v) is 6.24. The quantitative estimate of drug-likeness (QED) is 0.412. The summed E-state index contributed by atoms with van der Waals surface area (Å²) in [5.74, 6) is -0.444. The summed E-state index contributed by atoms with van der Waals surface area (Å²) in [5.41, 5.74) is 2.75. The first-order chi connectivity index (χ1) is 16.3. The van der Waals surface area contributed by atoms with E-state index in [1.54, 1.807) is 30.3 Å². The maximum absolute atomic E-state index is 12.9. The average molecular weight is 485 g/mol. The van der Waals surface area contributed by atoms with E-state index >= 15 is 0 Å². The Morgan fingerprint density at radius 1 is 1.24 bits per heavy atom. The number of halogens is 1. The van der Waals surface area contributed by atoms with Crippen LogP contribution in [-0.2, 0) is 16.1 Å². The number of aryl methyl sites for hydroxylation is 1. The van der Waals surface area contributed by atoms with Gasteiger partial charge in [-0.05, 0) is 49.6 Å². The first-order valence-corrected chi connectivity index (χ1v) is 11.4. The van der Waals surface area contributed by atoms with E-state index in [4.69, 9.17) is 16.3 Å². The number of piperidine rings is 1. The van der Waals surface area contributed by atoms with Crippen molar-refractivity contribution in [3.63, 3.8) is 0 Å². The zero-order chi connectivity index (χ0) is 24.2. The van der Waals surface area contributed by atoms with Crippen molar-refractivity contribution in [1.29, 1.82) is 0 Å². The van der Waals surface area contributed by atoms with Crippen LogP contribution in [0.15, 0.2) is 36.4 Å². The molecule has 2 heterocycles. The van der Waals surface area contributed by atoms with Crippen LogP contribution in [0.5, 0.6) is 5.75 Å². The van der Waals surface area contributed by atoms with Crippen LogP contribution in [0.2, 0.25) is 5.02 Å². The molecular weight excluding hydrogens is 460 g/mol. The molecule has 2 aromatic rings. The van der Waals surface area contributed by atoms with Gasteiger partial charge in [-0.15, -0.1) is 0 Å². The second-order valence-corrected chi connectivity index (χ2v) is 8.64. The Kier molecular flexibility index (Phi) is 7.02. The van der Waals surface area contributed by atoms with E-state index in [0.29, 0.717) is 48.0 Å². The fourth-order valence-corrected chi connectivity index (χ4v) is 4.18. The van der Waals surface area contributed by atoms with E-state index in [2.05, 4.69) is 16.0 Å². The van der Waals surface area contributed by atoms with Gasteiger partial charge in [0.25, 0.3) is 5.91 Å². The van der Waals surface area contributed by atoms with Crippen molar-refractivity contribution in [3.8, 4) is 5.75 Å². The highest BCUT2D eigenvalue weighted by Crippen LogP contribution is 2.33. The Morgan fingerprint density at radius 3 is 2.82 bits per heavy atom. The van der Waals surface area contributed by atoms with Gasteiger partial charge >= 0.3 is 6.03 Å². The van der Waals surface area contributed by atoms with Gasteiger partial charge in [0.1, 0.15) is 11.8 Å². The molecule has 1 fully saturated rings. The number of anilines is 1. The molecule has 3 N–H and O–H groups in total. The number of urea groups is 1. The molecule has 0 spiro atoms. The number of carbonyl (C=O) groups excluding carboxylic acids is 4. The Labute approximate surface area is 201 Å². The molecule has 178 valence electrons. The van der Waals surface area contributed by atoms with E-state index in [1.165, 1.54) is 4.90 Å². The first kappa shape index (κ1) is 23.6. The van der Waals surface area contributed by atoms with Crippen LogP contribution >= 0.6 is 11.6 Å². The molecule has 0 saturated carbocycles. The molecule has 2 aliphatic heterocycles. The number of ether oxygens (including phenoxy) is 1. The van der Waals surface area contributed by atoms with Crippen LogP contribution in [0.3, 0.4) is 0 Å². The van der Waals surface area contributed by atoms with Gasteiger partial charge in [0.15, 0.2) is 0 Å². The molecule has 1 saturated heterocycles. The normalized spacial score (nSPS) is 17.3. The molecule has 2 aromatic carbocycles. The van der Waals surface area contributed by atoms with E-state index in [0.717, 1.165) is 11.1 Å². The molecule has 1 atom stereocenters. The number of carbonyl (C=O) groups is 4. The molecule has 0 bridgehead atoms. The van der Waals surface area contributed by atoms with Crippen molar-refractivity contribution in [2.24, 2.45) is 0 Å². The van der Waals surface area contributed by atoms with Gasteiger partial charge in [-0.1, -0.05) is 23.7 Å². The smallest absolute Gasteiger partial charge is 0.319 e. The number of fused-ring (bicyclic) bond motifs is 1. The van der Waals surface area contributed by atoms with Crippen molar-refractivity contribution in [3.05, 3.63) is 58.1 Å². The third kappa shape index (κ3) is 5.14. The van der Waals surface area contributed by atoms with E-state index in [1.807, 2.05) is 13.0 Å².